The van der Waals surface area contributed by atoms with E-state index in [1.165, 1.54) is 12.8 Å². The zero-order valence-electron chi connectivity index (χ0n) is 7.20. The Balaban J connectivity index is 2.16. The Hall–Kier alpha value is -0.570. The first-order valence-corrected chi connectivity index (χ1v) is 4.58. The Morgan fingerprint density at radius 2 is 2.00 bits per heavy atom. The molecule has 12 heavy (non-hydrogen) atoms. The van der Waals surface area contributed by atoms with Gasteiger partial charge in [0.1, 0.15) is 0 Å². The van der Waals surface area contributed by atoms with Crippen LogP contribution in [-0.2, 0) is 4.79 Å². The lowest BCUT2D eigenvalue weighted by molar-refractivity contribution is -0.139. The van der Waals surface area contributed by atoms with Gasteiger partial charge < -0.3 is 10.2 Å². The smallest absolute Gasteiger partial charge is 0.305 e. The van der Waals surface area contributed by atoms with Gasteiger partial charge in [0.25, 0.3) is 0 Å². The number of aliphatic carboxylic acids is 1. The molecule has 1 aliphatic rings. The molecule has 3 nitrogen and oxygen atoms in total. The summed E-state index contributed by atoms with van der Waals surface area (Å²) in [5.74, 6) is -0.333. The quantitative estimate of drug-likeness (QED) is 0.674. The summed E-state index contributed by atoms with van der Waals surface area (Å²) in [5.41, 5.74) is 0. The van der Waals surface area contributed by atoms with Gasteiger partial charge in [-0.25, -0.2) is 0 Å². The number of carbonyl (C=O) groups is 1. The van der Waals surface area contributed by atoms with Crippen LogP contribution >= 0.6 is 0 Å². The summed E-state index contributed by atoms with van der Waals surface area (Å²) in [6.45, 7) is 0. The lowest BCUT2D eigenvalue weighted by Crippen LogP contribution is -2.16. The van der Waals surface area contributed by atoms with Crippen molar-refractivity contribution in [3.63, 3.8) is 0 Å². The highest BCUT2D eigenvalue weighted by Crippen LogP contribution is 2.28. The van der Waals surface area contributed by atoms with E-state index < -0.39 is 12.1 Å². The first-order valence-electron chi connectivity index (χ1n) is 4.58. The molecule has 1 fully saturated rings. The van der Waals surface area contributed by atoms with Crippen molar-refractivity contribution in [1.29, 1.82) is 0 Å². The van der Waals surface area contributed by atoms with Crippen molar-refractivity contribution < 1.29 is 15.0 Å². The maximum absolute atomic E-state index is 10.2. The first kappa shape index (κ1) is 9.52. The lowest BCUT2D eigenvalue weighted by Gasteiger charge is -2.12. The molecular weight excluding hydrogens is 156 g/mol. The van der Waals surface area contributed by atoms with E-state index in [4.69, 9.17) is 5.11 Å². The van der Waals surface area contributed by atoms with Crippen molar-refractivity contribution >= 4 is 5.97 Å². The Morgan fingerprint density at radius 3 is 2.50 bits per heavy atom. The molecule has 0 heterocycles. The molecule has 2 N–H and O–H groups in total. The maximum atomic E-state index is 10.2. The van der Waals surface area contributed by atoms with E-state index in [2.05, 4.69) is 0 Å². The van der Waals surface area contributed by atoms with Crippen molar-refractivity contribution in [2.24, 2.45) is 5.92 Å². The fourth-order valence-corrected chi connectivity index (χ4v) is 1.92. The molecule has 0 radical (unpaired) electrons. The standard InChI is InChI=1S/C9H16O3/c10-8(6-9(11)12)5-7-3-1-2-4-7/h7-8,10H,1-6H2,(H,11,12). The third kappa shape index (κ3) is 3.22. The van der Waals surface area contributed by atoms with E-state index in [9.17, 15) is 9.90 Å². The van der Waals surface area contributed by atoms with E-state index in [0.717, 1.165) is 12.8 Å². The normalized spacial score (nSPS) is 21.1. The molecule has 1 atom stereocenters. The highest BCUT2D eigenvalue weighted by molar-refractivity contribution is 5.67. The second-order valence-electron chi connectivity index (χ2n) is 3.64. The number of carboxylic acid groups (broad SMARTS) is 1. The van der Waals surface area contributed by atoms with E-state index in [-0.39, 0.29) is 6.42 Å². The molecule has 1 rings (SSSR count). The highest BCUT2D eigenvalue weighted by Gasteiger charge is 2.19. The van der Waals surface area contributed by atoms with Crippen molar-refractivity contribution in [3.05, 3.63) is 0 Å². The van der Waals surface area contributed by atoms with E-state index in [1.807, 2.05) is 0 Å². The number of aliphatic hydroxyl groups excluding tert-OH is 1. The number of hydrogen-bond donors (Lipinski definition) is 2. The van der Waals surface area contributed by atoms with Crippen molar-refractivity contribution in [3.8, 4) is 0 Å². The van der Waals surface area contributed by atoms with Crippen LogP contribution in [0.3, 0.4) is 0 Å². The summed E-state index contributed by atoms with van der Waals surface area (Å²) in [5, 5.41) is 17.7. The molecule has 0 aromatic carbocycles. The van der Waals surface area contributed by atoms with Gasteiger partial charge in [-0.05, 0) is 12.3 Å². The second-order valence-corrected chi connectivity index (χ2v) is 3.64. The van der Waals surface area contributed by atoms with Crippen LogP contribution in [0.15, 0.2) is 0 Å². The number of aliphatic hydroxyl groups is 1. The number of hydrogen-bond acceptors (Lipinski definition) is 2. The number of carboxylic acids is 1. The SMILES string of the molecule is O=C(O)CC(O)CC1CCCC1. The topological polar surface area (TPSA) is 57.5 Å². The van der Waals surface area contributed by atoms with Crippen LogP contribution in [0.5, 0.6) is 0 Å². The summed E-state index contributed by atoms with van der Waals surface area (Å²) >= 11 is 0. The molecule has 70 valence electrons. The van der Waals surface area contributed by atoms with E-state index in [0.29, 0.717) is 12.3 Å². The van der Waals surface area contributed by atoms with Crippen LogP contribution < -0.4 is 0 Å². The largest absolute Gasteiger partial charge is 0.481 e. The monoisotopic (exact) mass is 172 g/mol. The Bertz CT molecular complexity index is 150. The molecule has 1 saturated carbocycles. The third-order valence-electron chi connectivity index (χ3n) is 2.49. The van der Waals surface area contributed by atoms with Crippen LogP contribution in [0.25, 0.3) is 0 Å². The van der Waals surface area contributed by atoms with Crippen LogP contribution in [0.2, 0.25) is 0 Å². The summed E-state index contributed by atoms with van der Waals surface area (Å²) in [6, 6.07) is 0. The van der Waals surface area contributed by atoms with Crippen molar-refractivity contribution in [1.82, 2.24) is 0 Å². The Labute approximate surface area is 72.4 Å². The number of rotatable bonds is 4. The Morgan fingerprint density at radius 1 is 1.42 bits per heavy atom. The molecule has 0 bridgehead atoms. The first-order chi connectivity index (χ1) is 5.68. The average Bonchev–Trinajstić information content (AvgIpc) is 2.37. The van der Waals surface area contributed by atoms with Gasteiger partial charge in [0.05, 0.1) is 12.5 Å². The van der Waals surface area contributed by atoms with Crippen LogP contribution in [0.1, 0.15) is 38.5 Å². The van der Waals surface area contributed by atoms with Crippen LogP contribution in [0, 0.1) is 5.92 Å². The molecule has 0 amide bonds. The average molecular weight is 172 g/mol. The van der Waals surface area contributed by atoms with Crippen LogP contribution in [0.4, 0.5) is 0 Å². The van der Waals surface area contributed by atoms with Crippen molar-refractivity contribution in [2.75, 3.05) is 0 Å². The van der Waals surface area contributed by atoms with Crippen LogP contribution in [-0.4, -0.2) is 22.3 Å². The second kappa shape index (κ2) is 4.45. The minimum Gasteiger partial charge on any atom is -0.481 e. The molecule has 0 spiro atoms. The predicted octanol–water partition coefficient (Wildman–Crippen LogP) is 1.40. The molecule has 0 aliphatic heterocycles. The zero-order chi connectivity index (χ0) is 8.97. The molecular formula is C9H16O3. The molecule has 3 heteroatoms. The van der Waals surface area contributed by atoms with Gasteiger partial charge in [-0.1, -0.05) is 25.7 Å². The van der Waals surface area contributed by atoms with Gasteiger partial charge in [0, 0.05) is 0 Å². The van der Waals surface area contributed by atoms with Crippen molar-refractivity contribution in [2.45, 2.75) is 44.6 Å². The fourth-order valence-electron chi connectivity index (χ4n) is 1.92. The van der Waals surface area contributed by atoms with Gasteiger partial charge >= 0.3 is 5.97 Å². The maximum Gasteiger partial charge on any atom is 0.305 e. The van der Waals surface area contributed by atoms with Gasteiger partial charge in [-0.3, -0.25) is 4.79 Å². The molecule has 1 unspecified atom stereocenters. The zero-order valence-corrected chi connectivity index (χ0v) is 7.20. The lowest BCUT2D eigenvalue weighted by atomic mass is 9.98. The summed E-state index contributed by atoms with van der Waals surface area (Å²) in [6.07, 6.45) is 4.75. The van der Waals surface area contributed by atoms with E-state index in [1.54, 1.807) is 0 Å². The van der Waals surface area contributed by atoms with Gasteiger partial charge in [-0.2, -0.15) is 0 Å². The molecule has 0 aromatic rings. The minimum atomic E-state index is -0.902. The fraction of sp³-hybridized carbons (Fsp3) is 0.889. The van der Waals surface area contributed by atoms with Gasteiger partial charge in [-0.15, -0.1) is 0 Å². The molecule has 0 saturated heterocycles. The Kier molecular flexibility index (Phi) is 3.53. The third-order valence-corrected chi connectivity index (χ3v) is 2.49. The van der Waals surface area contributed by atoms with Gasteiger partial charge in [0.15, 0.2) is 0 Å². The predicted molar refractivity (Wildman–Crippen MR) is 44.8 cm³/mol. The summed E-state index contributed by atoms with van der Waals surface area (Å²) in [4.78, 5) is 10.2. The summed E-state index contributed by atoms with van der Waals surface area (Å²) in [7, 11) is 0. The summed E-state index contributed by atoms with van der Waals surface area (Å²) < 4.78 is 0. The van der Waals surface area contributed by atoms with E-state index >= 15 is 0 Å². The minimum absolute atomic E-state index is 0.101. The molecule has 1 aliphatic carbocycles. The highest BCUT2D eigenvalue weighted by atomic mass is 16.4. The van der Waals surface area contributed by atoms with Gasteiger partial charge in [0.2, 0.25) is 0 Å². The molecule has 0 aromatic heterocycles.